The van der Waals surface area contributed by atoms with Crippen LogP contribution in [-0.4, -0.2) is 16.1 Å². The highest BCUT2D eigenvalue weighted by molar-refractivity contribution is 5.66. The lowest BCUT2D eigenvalue weighted by atomic mass is 9.98. The van der Waals surface area contributed by atoms with Crippen molar-refractivity contribution >= 4 is 5.97 Å². The molecule has 1 rings (SSSR count). The molecule has 0 bridgehead atoms. The Bertz CT molecular complexity index is 272. The SMILES string of the molecule is CC(CCC(=O)O)c1cccnc1. The lowest BCUT2D eigenvalue weighted by Crippen LogP contribution is -2.00. The van der Waals surface area contributed by atoms with Crippen LogP contribution in [0.1, 0.15) is 31.2 Å². The van der Waals surface area contributed by atoms with Crippen LogP contribution in [0.3, 0.4) is 0 Å². The van der Waals surface area contributed by atoms with Crippen LogP contribution >= 0.6 is 0 Å². The van der Waals surface area contributed by atoms with Gasteiger partial charge in [-0.05, 0) is 24.0 Å². The third kappa shape index (κ3) is 3.23. The van der Waals surface area contributed by atoms with Gasteiger partial charge in [0.15, 0.2) is 0 Å². The molecule has 3 heteroatoms. The molecule has 1 heterocycles. The Morgan fingerprint density at radius 2 is 2.46 bits per heavy atom. The molecule has 0 aliphatic heterocycles. The molecule has 3 nitrogen and oxygen atoms in total. The zero-order valence-electron chi connectivity index (χ0n) is 7.60. The maximum atomic E-state index is 10.3. The van der Waals surface area contributed by atoms with Crippen LogP contribution in [0.15, 0.2) is 24.5 Å². The summed E-state index contributed by atoms with van der Waals surface area (Å²) in [5.74, 6) is -0.472. The number of aromatic nitrogens is 1. The summed E-state index contributed by atoms with van der Waals surface area (Å²) in [5.41, 5.74) is 1.10. The monoisotopic (exact) mass is 179 g/mol. The minimum atomic E-state index is -0.740. The highest BCUT2D eigenvalue weighted by Gasteiger charge is 2.07. The molecule has 1 aromatic rings. The molecule has 1 unspecified atom stereocenters. The van der Waals surface area contributed by atoms with Crippen LogP contribution in [-0.2, 0) is 4.79 Å². The van der Waals surface area contributed by atoms with E-state index in [1.54, 1.807) is 12.4 Å². The van der Waals surface area contributed by atoms with Gasteiger partial charge in [-0.25, -0.2) is 0 Å². The Balaban J connectivity index is 2.49. The third-order valence-electron chi connectivity index (χ3n) is 2.04. The van der Waals surface area contributed by atoms with E-state index in [4.69, 9.17) is 5.11 Å². The Morgan fingerprint density at radius 1 is 1.69 bits per heavy atom. The average Bonchev–Trinajstić information content (AvgIpc) is 2.15. The number of aliphatic carboxylic acids is 1. The first kappa shape index (κ1) is 9.71. The number of carboxylic acids is 1. The van der Waals surface area contributed by atoms with Crippen molar-refractivity contribution in [3.8, 4) is 0 Å². The summed E-state index contributed by atoms with van der Waals surface area (Å²) in [6.45, 7) is 2.01. The number of hydrogen-bond donors (Lipinski definition) is 1. The molecule has 0 saturated heterocycles. The zero-order chi connectivity index (χ0) is 9.68. The molecule has 13 heavy (non-hydrogen) atoms. The first-order valence-electron chi connectivity index (χ1n) is 4.32. The third-order valence-corrected chi connectivity index (χ3v) is 2.04. The number of rotatable bonds is 4. The molecular weight excluding hydrogens is 166 g/mol. The van der Waals surface area contributed by atoms with Crippen molar-refractivity contribution in [1.29, 1.82) is 0 Å². The van der Waals surface area contributed by atoms with Crippen molar-refractivity contribution in [2.24, 2.45) is 0 Å². The Morgan fingerprint density at radius 3 is 3.00 bits per heavy atom. The van der Waals surface area contributed by atoms with Gasteiger partial charge in [-0.15, -0.1) is 0 Å². The van der Waals surface area contributed by atoms with Crippen LogP contribution in [0.25, 0.3) is 0 Å². The normalized spacial score (nSPS) is 12.4. The van der Waals surface area contributed by atoms with E-state index >= 15 is 0 Å². The van der Waals surface area contributed by atoms with E-state index in [-0.39, 0.29) is 12.3 Å². The van der Waals surface area contributed by atoms with Gasteiger partial charge in [-0.2, -0.15) is 0 Å². The van der Waals surface area contributed by atoms with Crippen molar-refractivity contribution in [2.75, 3.05) is 0 Å². The first-order chi connectivity index (χ1) is 6.20. The molecular formula is C10H13NO2. The molecule has 0 aliphatic carbocycles. The van der Waals surface area contributed by atoms with Crippen molar-refractivity contribution < 1.29 is 9.90 Å². The van der Waals surface area contributed by atoms with Crippen molar-refractivity contribution in [2.45, 2.75) is 25.7 Å². The van der Waals surface area contributed by atoms with Crippen LogP contribution in [0.5, 0.6) is 0 Å². The van der Waals surface area contributed by atoms with Gasteiger partial charge < -0.3 is 5.11 Å². The molecule has 0 saturated carbocycles. The van der Waals surface area contributed by atoms with E-state index in [2.05, 4.69) is 4.98 Å². The van der Waals surface area contributed by atoms with Gasteiger partial charge in [-0.1, -0.05) is 13.0 Å². The van der Waals surface area contributed by atoms with Gasteiger partial charge in [0.1, 0.15) is 0 Å². The predicted molar refractivity (Wildman–Crippen MR) is 49.5 cm³/mol. The Hall–Kier alpha value is -1.38. The van der Waals surface area contributed by atoms with E-state index in [0.717, 1.165) is 5.56 Å². The van der Waals surface area contributed by atoms with E-state index in [9.17, 15) is 4.79 Å². The van der Waals surface area contributed by atoms with E-state index < -0.39 is 5.97 Å². The molecule has 1 aromatic heterocycles. The lowest BCUT2D eigenvalue weighted by molar-refractivity contribution is -0.137. The Kier molecular flexibility index (Phi) is 3.43. The van der Waals surface area contributed by atoms with Gasteiger partial charge in [0.2, 0.25) is 0 Å². The van der Waals surface area contributed by atoms with E-state index in [1.807, 2.05) is 19.1 Å². The first-order valence-corrected chi connectivity index (χ1v) is 4.32. The maximum Gasteiger partial charge on any atom is 0.303 e. The molecule has 0 spiro atoms. The smallest absolute Gasteiger partial charge is 0.303 e. The van der Waals surface area contributed by atoms with Gasteiger partial charge >= 0.3 is 5.97 Å². The molecule has 0 radical (unpaired) electrons. The summed E-state index contributed by atoms with van der Waals surface area (Å²) in [6.07, 6.45) is 4.39. The largest absolute Gasteiger partial charge is 0.481 e. The van der Waals surface area contributed by atoms with Crippen LogP contribution in [0.4, 0.5) is 0 Å². The molecule has 70 valence electrons. The van der Waals surface area contributed by atoms with Crippen LogP contribution < -0.4 is 0 Å². The number of hydrogen-bond acceptors (Lipinski definition) is 2. The second-order valence-electron chi connectivity index (χ2n) is 3.12. The summed E-state index contributed by atoms with van der Waals surface area (Å²) in [4.78, 5) is 14.3. The minimum absolute atomic E-state index is 0.218. The average molecular weight is 179 g/mol. The van der Waals surface area contributed by atoms with Crippen molar-refractivity contribution in [3.63, 3.8) is 0 Å². The standard InChI is InChI=1S/C10H13NO2/c1-8(4-5-10(12)13)9-3-2-6-11-7-9/h2-3,6-8H,4-5H2,1H3,(H,12,13). The summed E-state index contributed by atoms with van der Waals surface area (Å²) < 4.78 is 0. The van der Waals surface area contributed by atoms with Crippen molar-refractivity contribution in [3.05, 3.63) is 30.1 Å². The minimum Gasteiger partial charge on any atom is -0.481 e. The second kappa shape index (κ2) is 4.60. The lowest BCUT2D eigenvalue weighted by Gasteiger charge is -2.08. The van der Waals surface area contributed by atoms with Crippen molar-refractivity contribution in [1.82, 2.24) is 4.98 Å². The number of pyridine rings is 1. The summed E-state index contributed by atoms with van der Waals surface area (Å²) in [5, 5.41) is 8.49. The molecule has 1 atom stereocenters. The van der Waals surface area contributed by atoms with Crippen LogP contribution in [0, 0.1) is 0 Å². The number of carbonyl (C=O) groups is 1. The summed E-state index contributed by atoms with van der Waals surface area (Å²) >= 11 is 0. The van der Waals surface area contributed by atoms with Gasteiger partial charge in [0.25, 0.3) is 0 Å². The topological polar surface area (TPSA) is 50.2 Å². The maximum absolute atomic E-state index is 10.3. The molecule has 0 amide bonds. The van der Waals surface area contributed by atoms with Gasteiger partial charge in [-0.3, -0.25) is 9.78 Å². The molecule has 0 aromatic carbocycles. The predicted octanol–water partition coefficient (Wildman–Crippen LogP) is 2.05. The number of nitrogens with zero attached hydrogens (tertiary/aromatic N) is 1. The molecule has 1 N–H and O–H groups in total. The quantitative estimate of drug-likeness (QED) is 0.769. The van der Waals surface area contributed by atoms with E-state index in [0.29, 0.717) is 6.42 Å². The fourth-order valence-corrected chi connectivity index (χ4v) is 1.17. The van der Waals surface area contributed by atoms with Crippen LogP contribution in [0.2, 0.25) is 0 Å². The fourth-order valence-electron chi connectivity index (χ4n) is 1.17. The Labute approximate surface area is 77.4 Å². The highest BCUT2D eigenvalue weighted by Crippen LogP contribution is 2.18. The van der Waals surface area contributed by atoms with E-state index in [1.165, 1.54) is 0 Å². The van der Waals surface area contributed by atoms with Gasteiger partial charge in [0.05, 0.1) is 0 Å². The van der Waals surface area contributed by atoms with Gasteiger partial charge in [0, 0.05) is 18.8 Å². The second-order valence-corrected chi connectivity index (χ2v) is 3.12. The highest BCUT2D eigenvalue weighted by atomic mass is 16.4. The summed E-state index contributed by atoms with van der Waals surface area (Å²) in [7, 11) is 0. The summed E-state index contributed by atoms with van der Waals surface area (Å²) in [6, 6.07) is 3.84. The zero-order valence-corrected chi connectivity index (χ0v) is 7.60. The number of carboxylic acid groups (broad SMARTS) is 1. The fraction of sp³-hybridized carbons (Fsp3) is 0.400. The molecule has 0 fully saturated rings. The molecule has 0 aliphatic rings.